The first-order valence-electron chi connectivity index (χ1n) is 12.4. The van der Waals surface area contributed by atoms with Crippen LogP contribution in [-0.2, 0) is 10.9 Å². The first-order chi connectivity index (χ1) is 18.1. The molecule has 0 bridgehead atoms. The number of hydrogen-bond donors (Lipinski definition) is 3. The van der Waals surface area contributed by atoms with Gasteiger partial charge < -0.3 is 35.2 Å². The summed E-state index contributed by atoms with van der Waals surface area (Å²) in [5.74, 6) is -0.414. The number of aromatic nitrogens is 2. The fraction of sp³-hybridized carbons (Fsp3) is 0.480. The maximum atomic E-state index is 13.6. The van der Waals surface area contributed by atoms with E-state index in [2.05, 4.69) is 37.4 Å². The lowest BCUT2D eigenvalue weighted by Crippen LogP contribution is -2.44. The number of aliphatic hydroxyl groups is 1. The summed E-state index contributed by atoms with van der Waals surface area (Å²) in [6, 6.07) is 5.56. The van der Waals surface area contributed by atoms with Crippen LogP contribution in [0, 0.1) is 0 Å². The number of likely N-dealkylation sites (N-methyl/N-ethyl adjacent to an activating group) is 1. The molecule has 2 aliphatic rings. The summed E-state index contributed by atoms with van der Waals surface area (Å²) in [5, 5.41) is 16.1. The number of nitrogens with one attached hydrogen (secondary N) is 2. The van der Waals surface area contributed by atoms with Crippen LogP contribution in [0.1, 0.15) is 30.6 Å². The van der Waals surface area contributed by atoms with Crippen LogP contribution < -0.4 is 15.5 Å². The highest BCUT2D eigenvalue weighted by molar-refractivity contribution is 5.69. The van der Waals surface area contributed by atoms with Crippen LogP contribution in [0.5, 0.6) is 0 Å². The SMILES string of the molecule is CC(O)c1cc(N2CCN(C)CC2)ccc1Nc1ncc(C(F)(F)F)c(NCCCN2CC=COC2=O)n1. The molecule has 1 atom stereocenters. The second-order valence-electron chi connectivity index (χ2n) is 9.30. The summed E-state index contributed by atoms with van der Waals surface area (Å²) in [7, 11) is 2.07. The van der Waals surface area contributed by atoms with E-state index < -0.39 is 23.9 Å². The first-order valence-corrected chi connectivity index (χ1v) is 12.4. The summed E-state index contributed by atoms with van der Waals surface area (Å²) < 4.78 is 45.6. The quantitative estimate of drug-likeness (QED) is 0.414. The number of ether oxygens (including phenoxy) is 1. The standard InChI is InChI=1S/C25H32F3N7O3/c1-17(36)19-15-18(34-12-10-33(2)11-13-34)5-6-21(19)31-23-30-16-20(25(26,27)28)22(32-23)29-7-3-8-35-9-4-14-38-24(35)37/h4-6,14-17,36H,3,7-13H2,1-2H3,(H2,29,30,31,32). The molecule has 1 amide bonds. The molecule has 1 unspecified atom stereocenters. The molecule has 3 N–H and O–H groups in total. The third-order valence-electron chi connectivity index (χ3n) is 6.44. The second-order valence-corrected chi connectivity index (χ2v) is 9.30. The molecular formula is C25H32F3N7O3. The van der Waals surface area contributed by atoms with E-state index >= 15 is 0 Å². The molecule has 1 fully saturated rings. The van der Waals surface area contributed by atoms with Gasteiger partial charge in [0.1, 0.15) is 11.4 Å². The van der Waals surface area contributed by atoms with Crippen molar-refractivity contribution in [2.45, 2.75) is 25.6 Å². The molecule has 0 spiro atoms. The fourth-order valence-corrected chi connectivity index (χ4v) is 4.26. The Hall–Kier alpha value is -3.58. The number of carbonyl (C=O) groups is 1. The molecule has 1 aromatic carbocycles. The van der Waals surface area contributed by atoms with E-state index in [1.54, 1.807) is 19.1 Å². The Kier molecular flexibility index (Phi) is 8.57. The maximum Gasteiger partial charge on any atom is 0.421 e. The average Bonchev–Trinajstić information content (AvgIpc) is 2.87. The zero-order valence-corrected chi connectivity index (χ0v) is 21.3. The van der Waals surface area contributed by atoms with Crippen molar-refractivity contribution >= 4 is 29.2 Å². The van der Waals surface area contributed by atoms with Crippen LogP contribution in [0.3, 0.4) is 0 Å². The number of halogens is 3. The van der Waals surface area contributed by atoms with Crippen molar-refractivity contribution in [2.75, 3.05) is 68.4 Å². The summed E-state index contributed by atoms with van der Waals surface area (Å²) in [6.07, 6.45) is -1.88. The Balaban J connectivity index is 1.48. The number of alkyl halides is 3. The van der Waals surface area contributed by atoms with Crippen molar-refractivity contribution in [1.29, 1.82) is 0 Å². The van der Waals surface area contributed by atoms with Gasteiger partial charge in [-0.15, -0.1) is 0 Å². The predicted octanol–water partition coefficient (Wildman–Crippen LogP) is 3.81. The van der Waals surface area contributed by atoms with Crippen molar-refractivity contribution in [2.24, 2.45) is 0 Å². The number of benzene rings is 1. The van der Waals surface area contributed by atoms with Crippen molar-refractivity contribution in [3.05, 3.63) is 47.9 Å². The molecule has 2 aromatic rings. The highest BCUT2D eigenvalue weighted by atomic mass is 19.4. The molecule has 2 aliphatic heterocycles. The Morgan fingerprint density at radius 3 is 2.66 bits per heavy atom. The minimum Gasteiger partial charge on any atom is -0.418 e. The lowest BCUT2D eigenvalue weighted by molar-refractivity contribution is -0.137. The molecule has 3 heterocycles. The van der Waals surface area contributed by atoms with Gasteiger partial charge in [0.05, 0.1) is 12.4 Å². The van der Waals surface area contributed by atoms with Gasteiger partial charge in [-0.3, -0.25) is 0 Å². The molecule has 13 heteroatoms. The topological polar surface area (TPSA) is 106 Å². The Morgan fingerprint density at radius 2 is 1.97 bits per heavy atom. The molecule has 38 heavy (non-hydrogen) atoms. The smallest absolute Gasteiger partial charge is 0.418 e. The maximum absolute atomic E-state index is 13.6. The molecule has 1 aromatic heterocycles. The number of anilines is 4. The monoisotopic (exact) mass is 535 g/mol. The highest BCUT2D eigenvalue weighted by Crippen LogP contribution is 2.35. The summed E-state index contributed by atoms with van der Waals surface area (Å²) in [5.41, 5.74) is 1.05. The van der Waals surface area contributed by atoms with E-state index in [0.29, 0.717) is 30.8 Å². The zero-order valence-electron chi connectivity index (χ0n) is 21.3. The number of hydrogen-bond acceptors (Lipinski definition) is 9. The molecule has 10 nitrogen and oxygen atoms in total. The van der Waals surface area contributed by atoms with E-state index in [9.17, 15) is 23.1 Å². The normalized spacial score (nSPS) is 17.4. The number of aliphatic hydroxyl groups excluding tert-OH is 1. The van der Waals surface area contributed by atoms with Crippen LogP contribution in [0.15, 0.2) is 36.7 Å². The fourth-order valence-electron chi connectivity index (χ4n) is 4.26. The van der Waals surface area contributed by atoms with E-state index in [0.717, 1.165) is 38.1 Å². The lowest BCUT2D eigenvalue weighted by atomic mass is 10.1. The van der Waals surface area contributed by atoms with E-state index in [4.69, 9.17) is 4.74 Å². The Morgan fingerprint density at radius 1 is 1.21 bits per heavy atom. The third-order valence-corrected chi connectivity index (χ3v) is 6.44. The van der Waals surface area contributed by atoms with Gasteiger partial charge >= 0.3 is 12.3 Å². The van der Waals surface area contributed by atoms with Crippen molar-refractivity contribution in [1.82, 2.24) is 19.8 Å². The van der Waals surface area contributed by atoms with Crippen molar-refractivity contribution in [3.8, 4) is 0 Å². The lowest BCUT2D eigenvalue weighted by Gasteiger charge is -2.34. The van der Waals surface area contributed by atoms with Gasteiger partial charge in [0.15, 0.2) is 0 Å². The van der Waals surface area contributed by atoms with Crippen LogP contribution in [0.4, 0.5) is 41.1 Å². The van der Waals surface area contributed by atoms with Crippen LogP contribution in [0.25, 0.3) is 0 Å². The third kappa shape index (κ3) is 6.84. The first kappa shape index (κ1) is 27.5. The molecule has 0 saturated carbocycles. The van der Waals surface area contributed by atoms with Gasteiger partial charge in [0.2, 0.25) is 5.95 Å². The zero-order chi connectivity index (χ0) is 27.3. The highest BCUT2D eigenvalue weighted by Gasteiger charge is 2.35. The Labute approximate surface area is 219 Å². The van der Waals surface area contributed by atoms with Gasteiger partial charge in [-0.05, 0) is 44.7 Å². The van der Waals surface area contributed by atoms with Gasteiger partial charge in [0.25, 0.3) is 0 Å². The number of amides is 1. The number of rotatable bonds is 9. The summed E-state index contributed by atoms with van der Waals surface area (Å²) >= 11 is 0. The predicted molar refractivity (Wildman–Crippen MR) is 137 cm³/mol. The molecule has 206 valence electrons. The van der Waals surface area contributed by atoms with E-state index in [1.165, 1.54) is 11.2 Å². The Bertz CT molecular complexity index is 1150. The van der Waals surface area contributed by atoms with E-state index in [-0.39, 0.29) is 18.3 Å². The van der Waals surface area contributed by atoms with Gasteiger partial charge in [-0.2, -0.15) is 18.2 Å². The van der Waals surface area contributed by atoms with Crippen LogP contribution >= 0.6 is 0 Å². The second kappa shape index (κ2) is 11.9. The van der Waals surface area contributed by atoms with Crippen molar-refractivity contribution < 1.29 is 27.8 Å². The minimum atomic E-state index is -4.66. The average molecular weight is 536 g/mol. The van der Waals surface area contributed by atoms with Crippen LogP contribution in [0.2, 0.25) is 0 Å². The summed E-state index contributed by atoms with van der Waals surface area (Å²) in [4.78, 5) is 25.6. The molecular weight excluding hydrogens is 503 g/mol. The van der Waals surface area contributed by atoms with Gasteiger partial charge in [0, 0.05) is 68.9 Å². The largest absolute Gasteiger partial charge is 0.421 e. The molecule has 0 radical (unpaired) electrons. The molecule has 4 rings (SSSR count). The minimum absolute atomic E-state index is 0.0421. The number of piperazine rings is 1. The van der Waals surface area contributed by atoms with Gasteiger partial charge in [-0.1, -0.05) is 0 Å². The number of carbonyl (C=O) groups excluding carboxylic acids is 1. The van der Waals surface area contributed by atoms with Crippen molar-refractivity contribution in [3.63, 3.8) is 0 Å². The number of cyclic esters (lactones) is 1. The molecule has 0 aliphatic carbocycles. The summed E-state index contributed by atoms with van der Waals surface area (Å²) in [6.45, 7) is 6.04. The number of nitrogens with zero attached hydrogens (tertiary/aromatic N) is 5. The molecule has 1 saturated heterocycles. The van der Waals surface area contributed by atoms with Crippen LogP contribution in [-0.4, -0.2) is 83.8 Å². The van der Waals surface area contributed by atoms with Gasteiger partial charge in [-0.25, -0.2) is 9.78 Å². The van der Waals surface area contributed by atoms with E-state index in [1.807, 2.05) is 12.1 Å².